The third-order valence-electron chi connectivity index (χ3n) is 2.21. The second-order valence-corrected chi connectivity index (χ2v) is 3.35. The molecule has 0 fully saturated rings. The van der Waals surface area contributed by atoms with Crippen LogP contribution in [0.2, 0.25) is 0 Å². The molecule has 0 atom stereocenters. The number of carbonyl (C=O) groups excluding carboxylic acids is 1. The van der Waals surface area contributed by atoms with Gasteiger partial charge in [0, 0.05) is 5.69 Å². The Morgan fingerprint density at radius 2 is 2.13 bits per heavy atom. The highest BCUT2D eigenvalue weighted by atomic mass is 16.5. The van der Waals surface area contributed by atoms with Crippen molar-refractivity contribution in [2.75, 3.05) is 12.3 Å². The van der Waals surface area contributed by atoms with Crippen molar-refractivity contribution in [2.45, 2.75) is 26.7 Å². The van der Waals surface area contributed by atoms with Gasteiger partial charge in [-0.25, -0.2) is 4.79 Å². The fraction of sp³-hybridized carbons (Fsp3) is 0.417. The van der Waals surface area contributed by atoms with E-state index in [1.54, 1.807) is 13.0 Å². The molecule has 0 amide bonds. The number of esters is 1. The summed E-state index contributed by atoms with van der Waals surface area (Å²) < 4.78 is 4.92. The standard InChI is InChI=1S/C12H17NO2/c1-3-6-9-7-5-8-10(11(9)13)12(14)15-4-2/h5,7-8H,3-4,6,13H2,1-2H3. The SMILES string of the molecule is CCCc1cccc(C(=O)OCC)c1N. The summed E-state index contributed by atoms with van der Waals surface area (Å²) in [5.41, 5.74) is 7.94. The normalized spacial score (nSPS) is 10.0. The highest BCUT2D eigenvalue weighted by Crippen LogP contribution is 2.19. The summed E-state index contributed by atoms with van der Waals surface area (Å²) in [5.74, 6) is -0.340. The van der Waals surface area contributed by atoms with Gasteiger partial charge in [-0.1, -0.05) is 25.5 Å². The van der Waals surface area contributed by atoms with Gasteiger partial charge in [0.25, 0.3) is 0 Å². The van der Waals surface area contributed by atoms with Gasteiger partial charge in [-0.05, 0) is 25.0 Å². The van der Waals surface area contributed by atoms with Gasteiger partial charge in [0.2, 0.25) is 0 Å². The molecule has 0 aliphatic heterocycles. The molecule has 3 nitrogen and oxygen atoms in total. The summed E-state index contributed by atoms with van der Waals surface area (Å²) in [7, 11) is 0. The van der Waals surface area contributed by atoms with Gasteiger partial charge in [0.1, 0.15) is 0 Å². The first-order valence-corrected chi connectivity index (χ1v) is 5.25. The summed E-state index contributed by atoms with van der Waals surface area (Å²) in [6.07, 6.45) is 1.90. The molecule has 0 saturated heterocycles. The van der Waals surface area contributed by atoms with Crippen LogP contribution in [-0.4, -0.2) is 12.6 Å². The number of aryl methyl sites for hydroxylation is 1. The lowest BCUT2D eigenvalue weighted by molar-refractivity contribution is 0.0527. The summed E-state index contributed by atoms with van der Waals surface area (Å²) in [6, 6.07) is 5.49. The average Bonchev–Trinajstić information content (AvgIpc) is 2.22. The van der Waals surface area contributed by atoms with E-state index in [4.69, 9.17) is 10.5 Å². The fourth-order valence-electron chi connectivity index (χ4n) is 1.49. The fourth-order valence-corrected chi connectivity index (χ4v) is 1.49. The molecule has 1 rings (SSSR count). The average molecular weight is 207 g/mol. The minimum Gasteiger partial charge on any atom is -0.462 e. The molecular weight excluding hydrogens is 190 g/mol. The van der Waals surface area contributed by atoms with Crippen molar-refractivity contribution < 1.29 is 9.53 Å². The maximum atomic E-state index is 11.5. The number of nitrogen functional groups attached to an aromatic ring is 1. The highest BCUT2D eigenvalue weighted by Gasteiger charge is 2.12. The van der Waals surface area contributed by atoms with Crippen LogP contribution < -0.4 is 5.73 Å². The topological polar surface area (TPSA) is 52.3 Å². The minimum absolute atomic E-state index is 0.340. The molecule has 0 aliphatic carbocycles. The Kier molecular flexibility index (Phi) is 4.16. The predicted molar refractivity (Wildman–Crippen MR) is 60.8 cm³/mol. The van der Waals surface area contributed by atoms with Crippen LogP contribution in [0.3, 0.4) is 0 Å². The molecule has 0 aliphatic rings. The summed E-state index contributed by atoms with van der Waals surface area (Å²) in [4.78, 5) is 11.5. The third kappa shape index (κ3) is 2.72. The van der Waals surface area contributed by atoms with Gasteiger partial charge in [0.15, 0.2) is 0 Å². The molecule has 15 heavy (non-hydrogen) atoms. The zero-order valence-electron chi connectivity index (χ0n) is 9.25. The largest absolute Gasteiger partial charge is 0.462 e. The smallest absolute Gasteiger partial charge is 0.340 e. The van der Waals surface area contributed by atoms with E-state index in [0.717, 1.165) is 18.4 Å². The van der Waals surface area contributed by atoms with Crippen LogP contribution in [-0.2, 0) is 11.2 Å². The predicted octanol–water partition coefficient (Wildman–Crippen LogP) is 2.40. The molecule has 0 bridgehead atoms. The van der Waals surface area contributed by atoms with Gasteiger partial charge < -0.3 is 10.5 Å². The minimum atomic E-state index is -0.340. The zero-order chi connectivity index (χ0) is 11.3. The molecule has 0 spiro atoms. The number of para-hydroxylation sites is 1. The van der Waals surface area contributed by atoms with Gasteiger partial charge >= 0.3 is 5.97 Å². The van der Waals surface area contributed by atoms with Crippen LogP contribution in [0.1, 0.15) is 36.2 Å². The van der Waals surface area contributed by atoms with E-state index in [0.29, 0.717) is 17.9 Å². The molecular formula is C12H17NO2. The Bertz CT molecular complexity index is 347. The number of benzene rings is 1. The molecule has 2 N–H and O–H groups in total. The summed E-state index contributed by atoms with van der Waals surface area (Å²) >= 11 is 0. The van der Waals surface area contributed by atoms with E-state index in [9.17, 15) is 4.79 Å². The highest BCUT2D eigenvalue weighted by molar-refractivity contribution is 5.95. The van der Waals surface area contributed by atoms with Crippen molar-refractivity contribution >= 4 is 11.7 Å². The van der Waals surface area contributed by atoms with Gasteiger partial charge in [-0.3, -0.25) is 0 Å². The molecule has 0 saturated carbocycles. The van der Waals surface area contributed by atoms with E-state index in [1.165, 1.54) is 0 Å². The number of rotatable bonds is 4. The molecule has 3 heteroatoms. The number of anilines is 1. The van der Waals surface area contributed by atoms with Gasteiger partial charge in [-0.15, -0.1) is 0 Å². The Morgan fingerprint density at radius 3 is 2.73 bits per heavy atom. The van der Waals surface area contributed by atoms with E-state index in [2.05, 4.69) is 6.92 Å². The lowest BCUT2D eigenvalue weighted by atomic mass is 10.0. The van der Waals surface area contributed by atoms with Crippen molar-refractivity contribution in [3.63, 3.8) is 0 Å². The monoisotopic (exact) mass is 207 g/mol. The van der Waals surface area contributed by atoms with E-state index < -0.39 is 0 Å². The molecule has 1 aromatic carbocycles. The molecule has 0 aromatic heterocycles. The molecule has 0 unspecified atom stereocenters. The number of hydrogen-bond acceptors (Lipinski definition) is 3. The number of nitrogens with two attached hydrogens (primary N) is 1. The van der Waals surface area contributed by atoms with Gasteiger partial charge in [0.05, 0.1) is 12.2 Å². The lowest BCUT2D eigenvalue weighted by Gasteiger charge is -2.09. The third-order valence-corrected chi connectivity index (χ3v) is 2.21. The first-order chi connectivity index (χ1) is 7.20. The van der Waals surface area contributed by atoms with Crippen LogP contribution in [0.25, 0.3) is 0 Å². The number of hydrogen-bond donors (Lipinski definition) is 1. The first kappa shape index (κ1) is 11.6. The Hall–Kier alpha value is -1.51. The number of ether oxygens (including phenoxy) is 1. The van der Waals surface area contributed by atoms with E-state index in [1.807, 2.05) is 12.1 Å². The number of carbonyl (C=O) groups is 1. The van der Waals surface area contributed by atoms with Gasteiger partial charge in [-0.2, -0.15) is 0 Å². The summed E-state index contributed by atoms with van der Waals surface area (Å²) in [5, 5.41) is 0. The van der Waals surface area contributed by atoms with Crippen molar-refractivity contribution in [1.29, 1.82) is 0 Å². The molecule has 0 radical (unpaired) electrons. The second-order valence-electron chi connectivity index (χ2n) is 3.35. The Morgan fingerprint density at radius 1 is 1.40 bits per heavy atom. The Labute approximate surface area is 90.2 Å². The maximum absolute atomic E-state index is 11.5. The molecule has 0 heterocycles. The second kappa shape index (κ2) is 5.39. The van der Waals surface area contributed by atoms with Crippen LogP contribution in [0, 0.1) is 0 Å². The van der Waals surface area contributed by atoms with E-state index in [-0.39, 0.29) is 5.97 Å². The van der Waals surface area contributed by atoms with Crippen molar-refractivity contribution in [3.8, 4) is 0 Å². The molecule has 1 aromatic rings. The first-order valence-electron chi connectivity index (χ1n) is 5.25. The van der Waals surface area contributed by atoms with Crippen LogP contribution in [0.15, 0.2) is 18.2 Å². The lowest BCUT2D eigenvalue weighted by Crippen LogP contribution is -2.09. The summed E-state index contributed by atoms with van der Waals surface area (Å²) in [6.45, 7) is 4.23. The van der Waals surface area contributed by atoms with Crippen molar-refractivity contribution in [3.05, 3.63) is 29.3 Å². The van der Waals surface area contributed by atoms with Crippen molar-refractivity contribution in [2.24, 2.45) is 0 Å². The maximum Gasteiger partial charge on any atom is 0.340 e. The van der Waals surface area contributed by atoms with E-state index >= 15 is 0 Å². The quantitative estimate of drug-likeness (QED) is 0.609. The van der Waals surface area contributed by atoms with Crippen LogP contribution in [0.5, 0.6) is 0 Å². The zero-order valence-corrected chi connectivity index (χ0v) is 9.25. The molecule has 82 valence electrons. The Balaban J connectivity index is 2.98. The van der Waals surface area contributed by atoms with Crippen molar-refractivity contribution in [1.82, 2.24) is 0 Å². The van der Waals surface area contributed by atoms with Crippen LogP contribution >= 0.6 is 0 Å². The van der Waals surface area contributed by atoms with Crippen LogP contribution in [0.4, 0.5) is 5.69 Å².